The Morgan fingerprint density at radius 3 is 2.75 bits per heavy atom. The van der Waals surface area contributed by atoms with Gasteiger partial charge >= 0.3 is 0 Å². The van der Waals surface area contributed by atoms with Crippen molar-refractivity contribution < 1.29 is 14.6 Å². The summed E-state index contributed by atoms with van der Waals surface area (Å²) in [6.07, 6.45) is 2.95. The van der Waals surface area contributed by atoms with Crippen molar-refractivity contribution in [2.24, 2.45) is 0 Å². The molecule has 36 heavy (non-hydrogen) atoms. The molecule has 1 amide bonds. The lowest BCUT2D eigenvalue weighted by atomic mass is 9.97. The van der Waals surface area contributed by atoms with Crippen molar-refractivity contribution in [2.75, 3.05) is 18.9 Å². The van der Waals surface area contributed by atoms with Gasteiger partial charge in [-0.3, -0.25) is 4.79 Å². The van der Waals surface area contributed by atoms with Crippen LogP contribution in [-0.4, -0.2) is 49.7 Å². The van der Waals surface area contributed by atoms with Crippen LogP contribution in [0.3, 0.4) is 0 Å². The van der Waals surface area contributed by atoms with Crippen LogP contribution in [-0.2, 0) is 22.7 Å². The lowest BCUT2D eigenvalue weighted by molar-refractivity contribution is -0.118. The third-order valence-corrected chi connectivity index (χ3v) is 6.80. The number of carbonyl (C=O) groups excluding carboxylic acids is 1. The van der Waals surface area contributed by atoms with E-state index in [4.69, 9.17) is 20.4 Å². The molecule has 1 unspecified atom stereocenters. The third kappa shape index (κ3) is 4.54. The molecule has 0 radical (unpaired) electrons. The third-order valence-electron chi connectivity index (χ3n) is 6.80. The Morgan fingerprint density at radius 2 is 2.00 bits per heavy atom. The van der Waals surface area contributed by atoms with Crippen molar-refractivity contribution in [3.05, 3.63) is 53.9 Å². The van der Waals surface area contributed by atoms with Gasteiger partial charge in [0.1, 0.15) is 17.9 Å². The number of hydrogen-bond acceptors (Lipinski definition) is 6. The number of amides is 1. The highest BCUT2D eigenvalue weighted by atomic mass is 16.5. The van der Waals surface area contributed by atoms with Gasteiger partial charge in [0.05, 0.1) is 29.2 Å². The number of rotatable bonds is 8. The molecular weight excluding hydrogens is 454 g/mol. The van der Waals surface area contributed by atoms with E-state index in [9.17, 15) is 9.90 Å². The maximum atomic E-state index is 11.5. The zero-order valence-electron chi connectivity index (χ0n) is 21.1. The van der Waals surface area contributed by atoms with E-state index in [1.54, 1.807) is 13.8 Å². The maximum Gasteiger partial charge on any atom is 0.210 e. The number of aromatic nitrogens is 3. The second-order valence-corrected chi connectivity index (χ2v) is 10.1. The summed E-state index contributed by atoms with van der Waals surface area (Å²) in [6, 6.07) is 14.7. The van der Waals surface area contributed by atoms with Gasteiger partial charge < -0.3 is 25.0 Å². The van der Waals surface area contributed by atoms with Crippen LogP contribution in [0.15, 0.2) is 42.5 Å². The molecular formula is C28H33N5O3. The summed E-state index contributed by atoms with van der Waals surface area (Å²) in [5.41, 5.74) is 10.9. The number of pyridine rings is 1. The summed E-state index contributed by atoms with van der Waals surface area (Å²) in [6.45, 7) is 7.53. The minimum absolute atomic E-state index is 0.122. The maximum absolute atomic E-state index is 11.5. The molecule has 0 spiro atoms. The zero-order chi connectivity index (χ0) is 25.4. The highest BCUT2D eigenvalue weighted by Gasteiger charge is 2.25. The Morgan fingerprint density at radius 1 is 1.19 bits per heavy atom. The first kappa shape index (κ1) is 24.2. The number of nitrogens with zero attached hydrogens (tertiary/aromatic N) is 4. The number of anilines is 1. The highest BCUT2D eigenvalue weighted by Crippen LogP contribution is 2.35. The number of ether oxygens (including phenoxy) is 1. The molecule has 3 heterocycles. The first-order valence-electron chi connectivity index (χ1n) is 12.5. The van der Waals surface area contributed by atoms with Crippen LogP contribution in [0.2, 0.25) is 0 Å². The van der Waals surface area contributed by atoms with E-state index in [1.165, 1.54) is 0 Å². The normalized spacial score (nSPS) is 16.3. The van der Waals surface area contributed by atoms with E-state index in [-0.39, 0.29) is 6.04 Å². The number of benzene rings is 2. The Kier molecular flexibility index (Phi) is 6.40. The first-order chi connectivity index (χ1) is 17.3. The Labute approximate surface area is 210 Å². The van der Waals surface area contributed by atoms with E-state index >= 15 is 0 Å². The number of hydrogen-bond donors (Lipinski definition) is 2. The van der Waals surface area contributed by atoms with E-state index in [0.717, 1.165) is 58.9 Å². The van der Waals surface area contributed by atoms with Crippen molar-refractivity contribution in [3.63, 3.8) is 0 Å². The van der Waals surface area contributed by atoms with E-state index in [2.05, 4.69) is 24.3 Å². The monoisotopic (exact) mass is 487 g/mol. The molecule has 1 saturated heterocycles. The van der Waals surface area contributed by atoms with E-state index in [0.29, 0.717) is 36.9 Å². The number of imidazole rings is 1. The minimum atomic E-state index is -0.949. The number of nitrogens with two attached hydrogens (primary N) is 1. The molecule has 1 aliphatic rings. The predicted octanol–water partition coefficient (Wildman–Crippen LogP) is 4.43. The second kappa shape index (κ2) is 9.52. The van der Waals surface area contributed by atoms with Crippen molar-refractivity contribution in [1.82, 2.24) is 19.4 Å². The summed E-state index contributed by atoms with van der Waals surface area (Å²) >= 11 is 0. The standard InChI is InChI=1S/C28H33N5O3/c1-4-36-15-24-31-25-26(33(24)16-28(2,3)35)21-11-10-19(14-22(21)30-27(25)29)18-7-5-8-20(13-18)23-9-6-12-32(23)17-34/h5,7-8,10-11,13-14,17,23,35H,4,6,9,12,15-16H2,1-3H3,(H2,29,30). The van der Waals surface area contributed by atoms with Gasteiger partial charge in [-0.1, -0.05) is 30.3 Å². The predicted molar refractivity (Wildman–Crippen MR) is 141 cm³/mol. The van der Waals surface area contributed by atoms with Gasteiger partial charge in [-0.2, -0.15) is 0 Å². The molecule has 5 rings (SSSR count). The van der Waals surface area contributed by atoms with Crippen LogP contribution in [0.5, 0.6) is 0 Å². The van der Waals surface area contributed by atoms with Gasteiger partial charge in [0.15, 0.2) is 5.82 Å². The number of carbonyl (C=O) groups is 1. The fourth-order valence-electron chi connectivity index (χ4n) is 5.20. The molecule has 1 aliphatic heterocycles. The van der Waals surface area contributed by atoms with Gasteiger partial charge in [-0.05, 0) is 62.4 Å². The molecule has 3 N–H and O–H groups in total. The summed E-state index contributed by atoms with van der Waals surface area (Å²) in [4.78, 5) is 22.8. The van der Waals surface area contributed by atoms with Gasteiger partial charge in [0, 0.05) is 18.5 Å². The molecule has 0 aliphatic carbocycles. The van der Waals surface area contributed by atoms with Gasteiger partial charge in [0.2, 0.25) is 6.41 Å². The topological polar surface area (TPSA) is 107 Å². The molecule has 8 nitrogen and oxygen atoms in total. The number of aliphatic hydroxyl groups is 1. The average molecular weight is 488 g/mol. The molecule has 2 aromatic heterocycles. The van der Waals surface area contributed by atoms with Crippen molar-refractivity contribution in [2.45, 2.75) is 58.4 Å². The lowest BCUT2D eigenvalue weighted by Crippen LogP contribution is -2.27. The summed E-state index contributed by atoms with van der Waals surface area (Å²) in [7, 11) is 0. The number of nitrogen functional groups attached to an aromatic ring is 1. The van der Waals surface area contributed by atoms with Crippen molar-refractivity contribution in [3.8, 4) is 11.1 Å². The Bertz CT molecular complexity index is 1420. The van der Waals surface area contributed by atoms with Gasteiger partial charge in [0.25, 0.3) is 0 Å². The SMILES string of the molecule is CCOCc1nc2c(N)nc3cc(-c4cccc(C5CCCN5C=O)c4)ccc3c2n1CC(C)(C)O. The summed E-state index contributed by atoms with van der Waals surface area (Å²) < 4.78 is 7.65. The molecule has 0 bridgehead atoms. The molecule has 4 aromatic rings. The van der Waals surface area contributed by atoms with Gasteiger partial charge in [-0.25, -0.2) is 9.97 Å². The first-order valence-corrected chi connectivity index (χ1v) is 12.5. The molecule has 1 atom stereocenters. The Hall–Kier alpha value is -3.49. The molecule has 1 fully saturated rings. The summed E-state index contributed by atoms with van der Waals surface area (Å²) in [5, 5.41) is 11.5. The van der Waals surface area contributed by atoms with Crippen LogP contribution in [0.1, 0.15) is 51.0 Å². The van der Waals surface area contributed by atoms with Crippen LogP contribution in [0.4, 0.5) is 5.82 Å². The largest absolute Gasteiger partial charge is 0.389 e. The zero-order valence-corrected chi connectivity index (χ0v) is 21.1. The lowest BCUT2D eigenvalue weighted by Gasteiger charge is -2.21. The molecule has 8 heteroatoms. The number of likely N-dealkylation sites (tertiary alicyclic amines) is 1. The van der Waals surface area contributed by atoms with E-state index in [1.807, 2.05) is 34.6 Å². The van der Waals surface area contributed by atoms with Crippen LogP contribution < -0.4 is 5.73 Å². The van der Waals surface area contributed by atoms with Crippen LogP contribution >= 0.6 is 0 Å². The average Bonchev–Trinajstić information content (AvgIpc) is 3.47. The van der Waals surface area contributed by atoms with Crippen LogP contribution in [0, 0.1) is 0 Å². The van der Waals surface area contributed by atoms with Crippen LogP contribution in [0.25, 0.3) is 33.1 Å². The fourth-order valence-corrected chi connectivity index (χ4v) is 5.20. The second-order valence-electron chi connectivity index (χ2n) is 10.1. The molecule has 2 aromatic carbocycles. The molecule has 188 valence electrons. The van der Waals surface area contributed by atoms with Gasteiger partial charge in [-0.15, -0.1) is 0 Å². The quantitative estimate of drug-likeness (QED) is 0.356. The van der Waals surface area contributed by atoms with E-state index < -0.39 is 5.60 Å². The number of fused-ring (bicyclic) bond motifs is 3. The smallest absolute Gasteiger partial charge is 0.210 e. The Balaban J connectivity index is 1.62. The molecule has 0 saturated carbocycles. The fraction of sp³-hybridized carbons (Fsp3) is 0.393. The highest BCUT2D eigenvalue weighted by molar-refractivity contribution is 6.07. The van der Waals surface area contributed by atoms with Crippen molar-refractivity contribution >= 4 is 34.2 Å². The van der Waals surface area contributed by atoms with Crippen molar-refractivity contribution in [1.29, 1.82) is 0 Å². The summed E-state index contributed by atoms with van der Waals surface area (Å²) in [5.74, 6) is 1.06. The minimum Gasteiger partial charge on any atom is -0.389 e.